The fourth-order valence-electron chi connectivity index (χ4n) is 3.40. The molecule has 1 aliphatic rings. The fraction of sp³-hybridized carbons (Fsp3) is 0.350. The molecule has 0 amide bonds. The number of piperazine rings is 1. The lowest BCUT2D eigenvalue weighted by atomic mass is 10.1. The van der Waals surface area contributed by atoms with E-state index in [2.05, 4.69) is 36.9 Å². The van der Waals surface area contributed by atoms with Crippen molar-refractivity contribution in [2.45, 2.75) is 20.8 Å². The van der Waals surface area contributed by atoms with Gasteiger partial charge in [-0.2, -0.15) is 0 Å². The van der Waals surface area contributed by atoms with Crippen LogP contribution < -0.4 is 9.80 Å². The average molecular weight is 353 g/mol. The number of carbonyl (C=O) groups is 1. The molecule has 0 aromatic heterocycles. The van der Waals surface area contributed by atoms with Gasteiger partial charge in [-0.25, -0.2) is 0 Å². The summed E-state index contributed by atoms with van der Waals surface area (Å²) in [7, 11) is 0. The standard InChI is InChI=1S/C20H23N3O3/c1-14-4-5-15(2)19(12-14)22-10-8-21(9-11-22)18-7-6-17(16(3)24)13-20(18)23(25)26/h4-7,12-13H,8-11H2,1-3H3. The SMILES string of the molecule is CC(=O)c1ccc(N2CCN(c3cc(C)ccc3C)CC2)c([N+](=O)[O-])c1. The molecule has 2 aromatic rings. The van der Waals surface area contributed by atoms with Crippen LogP contribution in [0, 0.1) is 24.0 Å². The van der Waals surface area contributed by atoms with Gasteiger partial charge in [-0.3, -0.25) is 14.9 Å². The number of Topliss-reactive ketones (excluding diaryl/α,β-unsaturated/α-hetero) is 1. The van der Waals surface area contributed by atoms with Gasteiger partial charge in [0, 0.05) is 43.5 Å². The van der Waals surface area contributed by atoms with E-state index in [0.29, 0.717) is 24.3 Å². The topological polar surface area (TPSA) is 66.7 Å². The Balaban J connectivity index is 1.81. The first-order chi connectivity index (χ1) is 12.4. The second kappa shape index (κ2) is 7.15. The molecule has 0 spiro atoms. The first kappa shape index (κ1) is 17.9. The van der Waals surface area contributed by atoms with E-state index in [1.54, 1.807) is 12.1 Å². The first-order valence-electron chi connectivity index (χ1n) is 8.73. The largest absolute Gasteiger partial charge is 0.368 e. The monoisotopic (exact) mass is 353 g/mol. The van der Waals surface area contributed by atoms with E-state index in [4.69, 9.17) is 0 Å². The molecular weight excluding hydrogens is 330 g/mol. The average Bonchev–Trinajstić information content (AvgIpc) is 2.63. The number of aryl methyl sites for hydroxylation is 2. The molecule has 1 heterocycles. The van der Waals surface area contributed by atoms with E-state index in [1.165, 1.54) is 29.8 Å². The molecule has 2 aromatic carbocycles. The van der Waals surface area contributed by atoms with E-state index in [-0.39, 0.29) is 11.5 Å². The van der Waals surface area contributed by atoms with Gasteiger partial charge in [0.05, 0.1) is 4.92 Å². The third kappa shape index (κ3) is 3.54. The van der Waals surface area contributed by atoms with Crippen LogP contribution in [0.4, 0.5) is 17.1 Å². The molecule has 1 aliphatic heterocycles. The normalized spacial score (nSPS) is 14.4. The van der Waals surface area contributed by atoms with Crippen LogP contribution in [-0.2, 0) is 0 Å². The van der Waals surface area contributed by atoms with E-state index in [1.807, 2.05) is 4.90 Å². The molecule has 0 atom stereocenters. The van der Waals surface area contributed by atoms with Crippen molar-refractivity contribution in [2.75, 3.05) is 36.0 Å². The van der Waals surface area contributed by atoms with Crippen molar-refractivity contribution in [3.05, 3.63) is 63.2 Å². The molecule has 6 heteroatoms. The minimum absolute atomic E-state index is 0.00196. The number of carbonyl (C=O) groups excluding carboxylic acids is 1. The zero-order chi connectivity index (χ0) is 18.8. The van der Waals surface area contributed by atoms with Crippen LogP contribution in [0.5, 0.6) is 0 Å². The number of nitro benzene ring substituents is 1. The number of hydrogen-bond acceptors (Lipinski definition) is 5. The molecule has 0 bridgehead atoms. The van der Waals surface area contributed by atoms with Crippen LogP contribution >= 0.6 is 0 Å². The van der Waals surface area contributed by atoms with Crippen molar-refractivity contribution in [1.29, 1.82) is 0 Å². The molecular formula is C20H23N3O3. The molecule has 0 unspecified atom stereocenters. The van der Waals surface area contributed by atoms with Crippen molar-refractivity contribution in [3.63, 3.8) is 0 Å². The summed E-state index contributed by atoms with van der Waals surface area (Å²) in [6.07, 6.45) is 0. The first-order valence-corrected chi connectivity index (χ1v) is 8.73. The highest BCUT2D eigenvalue weighted by molar-refractivity contribution is 5.95. The van der Waals surface area contributed by atoms with E-state index >= 15 is 0 Å². The molecule has 26 heavy (non-hydrogen) atoms. The number of benzene rings is 2. The number of ketones is 1. The molecule has 0 aliphatic carbocycles. The zero-order valence-electron chi connectivity index (χ0n) is 15.4. The summed E-state index contributed by atoms with van der Waals surface area (Å²) in [6.45, 7) is 8.61. The second-order valence-corrected chi connectivity index (χ2v) is 6.78. The van der Waals surface area contributed by atoms with Gasteiger partial charge < -0.3 is 9.80 Å². The summed E-state index contributed by atoms with van der Waals surface area (Å²) in [5.41, 5.74) is 4.64. The Kier molecular flexibility index (Phi) is 4.93. The van der Waals surface area contributed by atoms with Gasteiger partial charge in [-0.15, -0.1) is 0 Å². The molecule has 0 N–H and O–H groups in total. The van der Waals surface area contributed by atoms with Crippen molar-refractivity contribution < 1.29 is 9.72 Å². The van der Waals surface area contributed by atoms with Crippen LogP contribution in [0.25, 0.3) is 0 Å². The molecule has 6 nitrogen and oxygen atoms in total. The lowest BCUT2D eigenvalue weighted by Gasteiger charge is -2.37. The molecule has 1 fully saturated rings. The Morgan fingerprint density at radius 1 is 0.962 bits per heavy atom. The van der Waals surface area contributed by atoms with Gasteiger partial charge in [0.2, 0.25) is 0 Å². The van der Waals surface area contributed by atoms with Crippen molar-refractivity contribution in [2.24, 2.45) is 0 Å². The van der Waals surface area contributed by atoms with Crippen LogP contribution in [0.1, 0.15) is 28.4 Å². The van der Waals surface area contributed by atoms with Crippen molar-refractivity contribution in [3.8, 4) is 0 Å². The Bertz CT molecular complexity index is 855. The van der Waals surface area contributed by atoms with Crippen LogP contribution in [0.3, 0.4) is 0 Å². The van der Waals surface area contributed by atoms with Gasteiger partial charge in [-0.1, -0.05) is 12.1 Å². The zero-order valence-corrected chi connectivity index (χ0v) is 15.4. The van der Waals surface area contributed by atoms with Gasteiger partial charge >= 0.3 is 0 Å². The Labute approximate surface area is 153 Å². The smallest absolute Gasteiger partial charge is 0.293 e. The number of nitro groups is 1. The minimum atomic E-state index is -0.404. The maximum atomic E-state index is 11.5. The number of anilines is 2. The Morgan fingerprint density at radius 3 is 2.15 bits per heavy atom. The Morgan fingerprint density at radius 2 is 1.58 bits per heavy atom. The third-order valence-electron chi connectivity index (χ3n) is 4.90. The predicted octanol–water partition coefficient (Wildman–Crippen LogP) is 3.74. The van der Waals surface area contributed by atoms with Gasteiger partial charge in [0.15, 0.2) is 5.78 Å². The molecule has 3 rings (SSSR count). The highest BCUT2D eigenvalue weighted by atomic mass is 16.6. The lowest BCUT2D eigenvalue weighted by molar-refractivity contribution is -0.384. The maximum Gasteiger partial charge on any atom is 0.293 e. The lowest BCUT2D eigenvalue weighted by Crippen LogP contribution is -2.47. The number of hydrogen-bond donors (Lipinski definition) is 0. The summed E-state index contributed by atoms with van der Waals surface area (Å²) >= 11 is 0. The number of rotatable bonds is 4. The third-order valence-corrected chi connectivity index (χ3v) is 4.90. The maximum absolute atomic E-state index is 11.5. The van der Waals surface area contributed by atoms with Gasteiger partial charge in [0.25, 0.3) is 5.69 Å². The van der Waals surface area contributed by atoms with Crippen molar-refractivity contribution in [1.82, 2.24) is 0 Å². The quantitative estimate of drug-likeness (QED) is 0.476. The van der Waals surface area contributed by atoms with Gasteiger partial charge in [0.1, 0.15) is 5.69 Å². The van der Waals surface area contributed by atoms with E-state index in [0.717, 1.165) is 13.1 Å². The molecule has 136 valence electrons. The second-order valence-electron chi connectivity index (χ2n) is 6.78. The van der Waals surface area contributed by atoms with Crippen LogP contribution in [0.2, 0.25) is 0 Å². The number of nitrogens with zero attached hydrogens (tertiary/aromatic N) is 3. The summed E-state index contributed by atoms with van der Waals surface area (Å²) in [5, 5.41) is 11.5. The minimum Gasteiger partial charge on any atom is -0.368 e. The molecule has 0 radical (unpaired) electrons. The highest BCUT2D eigenvalue weighted by Crippen LogP contribution is 2.31. The molecule has 0 saturated carbocycles. The van der Waals surface area contributed by atoms with Gasteiger partial charge in [-0.05, 0) is 50.1 Å². The van der Waals surface area contributed by atoms with E-state index in [9.17, 15) is 14.9 Å². The van der Waals surface area contributed by atoms with Crippen molar-refractivity contribution >= 4 is 22.8 Å². The summed E-state index contributed by atoms with van der Waals surface area (Å²) < 4.78 is 0. The fourth-order valence-corrected chi connectivity index (χ4v) is 3.40. The summed E-state index contributed by atoms with van der Waals surface area (Å²) in [4.78, 5) is 26.9. The summed E-state index contributed by atoms with van der Waals surface area (Å²) in [5.74, 6) is -0.167. The van der Waals surface area contributed by atoms with Crippen LogP contribution in [0.15, 0.2) is 36.4 Å². The molecule has 1 saturated heterocycles. The van der Waals surface area contributed by atoms with E-state index < -0.39 is 4.92 Å². The van der Waals surface area contributed by atoms with Crippen LogP contribution in [-0.4, -0.2) is 36.9 Å². The highest BCUT2D eigenvalue weighted by Gasteiger charge is 2.25. The predicted molar refractivity (Wildman–Crippen MR) is 103 cm³/mol. The Hall–Kier alpha value is -2.89. The summed E-state index contributed by atoms with van der Waals surface area (Å²) in [6, 6.07) is 11.2.